The number of rotatable bonds is 2. The van der Waals surface area contributed by atoms with Crippen LogP contribution in [0.4, 0.5) is 0 Å². The summed E-state index contributed by atoms with van der Waals surface area (Å²) in [5.41, 5.74) is 8.20. The second-order valence-corrected chi connectivity index (χ2v) is 11.2. The van der Waals surface area contributed by atoms with Gasteiger partial charge in [0.2, 0.25) is 0 Å². The molecule has 0 amide bonds. The van der Waals surface area contributed by atoms with Gasteiger partial charge in [0, 0.05) is 5.02 Å². The monoisotopic (exact) mass is 484 g/mol. The van der Waals surface area contributed by atoms with Crippen LogP contribution in [-0.4, -0.2) is 0 Å². The van der Waals surface area contributed by atoms with Crippen LogP contribution < -0.4 is 0 Å². The summed E-state index contributed by atoms with van der Waals surface area (Å²) in [5, 5.41) is 0.957. The minimum Gasteiger partial charge on any atom is -0.0840 e. The van der Waals surface area contributed by atoms with Crippen molar-refractivity contribution < 1.29 is 0 Å². The molecule has 0 saturated carbocycles. The van der Waals surface area contributed by atoms with E-state index in [-0.39, 0.29) is 0 Å². The van der Waals surface area contributed by atoms with Crippen LogP contribution in [0.5, 0.6) is 0 Å². The van der Waals surface area contributed by atoms with Crippen molar-refractivity contribution in [1.82, 2.24) is 0 Å². The van der Waals surface area contributed by atoms with Gasteiger partial charge in [-0.05, 0) is 96.4 Å². The summed E-state index contributed by atoms with van der Waals surface area (Å²) in [4.78, 5) is 0. The Labute approximate surface area is 217 Å². The summed E-state index contributed by atoms with van der Waals surface area (Å²) in [6, 6.07) is 13.4. The lowest BCUT2D eigenvalue weighted by molar-refractivity contribution is 0.290. The fourth-order valence-corrected chi connectivity index (χ4v) is 5.80. The minimum atomic E-state index is 0.318. The van der Waals surface area contributed by atoms with Crippen LogP contribution in [0.1, 0.15) is 123 Å². The average Bonchev–Trinajstić information content (AvgIpc) is 2.83. The normalized spacial score (nSPS) is 22.8. The molecular weight excluding hydrogens is 432 g/mol. The van der Waals surface area contributed by atoms with Crippen molar-refractivity contribution in [2.24, 2.45) is 11.8 Å². The molecule has 34 heavy (non-hydrogen) atoms. The molecule has 0 aromatic heterocycles. The lowest BCUT2D eigenvalue weighted by Gasteiger charge is -2.40. The molecule has 2 aromatic rings. The first-order valence-corrected chi connectivity index (χ1v) is 14.3. The van der Waals surface area contributed by atoms with Crippen LogP contribution in [-0.2, 0) is 23.7 Å². The molecule has 2 aliphatic rings. The van der Waals surface area contributed by atoms with E-state index in [4.69, 9.17) is 11.6 Å². The summed E-state index contributed by atoms with van der Waals surface area (Å²) in [5.74, 6) is 1.41. The van der Waals surface area contributed by atoms with Gasteiger partial charge < -0.3 is 0 Å². The molecule has 0 aliphatic heterocycles. The highest BCUT2D eigenvalue weighted by atomic mass is 35.5. The molecule has 0 bridgehead atoms. The maximum absolute atomic E-state index is 6.27. The topological polar surface area (TPSA) is 0 Å². The molecule has 0 N–H and O–H groups in total. The number of hydrogen-bond acceptors (Lipinski definition) is 0. The Hall–Kier alpha value is -1.27. The molecule has 0 spiro atoms. The van der Waals surface area contributed by atoms with E-state index in [1.807, 2.05) is 33.8 Å². The van der Waals surface area contributed by atoms with Gasteiger partial charge in [-0.2, -0.15) is 0 Å². The van der Waals surface area contributed by atoms with Gasteiger partial charge in [-0.25, -0.2) is 0 Å². The van der Waals surface area contributed by atoms with E-state index < -0.39 is 0 Å². The number of fused-ring (bicyclic) bond motifs is 2. The van der Waals surface area contributed by atoms with Crippen LogP contribution >= 0.6 is 11.6 Å². The lowest BCUT2D eigenvalue weighted by Crippen LogP contribution is -2.33. The third-order valence-electron chi connectivity index (χ3n) is 8.43. The van der Waals surface area contributed by atoms with E-state index >= 15 is 0 Å². The second-order valence-electron chi connectivity index (χ2n) is 10.8. The van der Waals surface area contributed by atoms with E-state index in [9.17, 15) is 0 Å². The molecule has 0 saturated heterocycles. The van der Waals surface area contributed by atoms with E-state index in [2.05, 4.69) is 78.8 Å². The van der Waals surface area contributed by atoms with Gasteiger partial charge in [0.05, 0.1) is 0 Å². The van der Waals surface area contributed by atoms with Gasteiger partial charge in [-0.3, -0.25) is 0 Å². The van der Waals surface area contributed by atoms with Crippen LogP contribution in [0.2, 0.25) is 5.02 Å². The molecule has 192 valence electrons. The first-order valence-electron chi connectivity index (χ1n) is 14.0. The molecule has 0 nitrogen and oxygen atoms in total. The fourth-order valence-electron chi connectivity index (χ4n) is 5.53. The van der Waals surface area contributed by atoms with Crippen molar-refractivity contribution in [1.29, 1.82) is 0 Å². The number of halogens is 1. The van der Waals surface area contributed by atoms with Gasteiger partial charge in [0.15, 0.2) is 0 Å². The maximum Gasteiger partial charge on any atom is 0.0440 e. The van der Waals surface area contributed by atoms with Gasteiger partial charge in [-0.1, -0.05) is 117 Å². The minimum absolute atomic E-state index is 0.318. The third kappa shape index (κ3) is 6.69. The lowest BCUT2D eigenvalue weighted by atomic mass is 9.65. The summed E-state index contributed by atoms with van der Waals surface area (Å²) >= 11 is 6.27. The predicted octanol–water partition coefficient (Wildman–Crippen LogP) is 10.9. The Kier molecular flexibility index (Phi) is 12.4. The summed E-state index contributed by atoms with van der Waals surface area (Å²) in [6.45, 7) is 24.4. The Morgan fingerprint density at radius 2 is 1.26 bits per heavy atom. The second kappa shape index (κ2) is 13.7. The van der Waals surface area contributed by atoms with Gasteiger partial charge in [0.25, 0.3) is 0 Å². The zero-order valence-corrected chi connectivity index (χ0v) is 25.0. The zero-order valence-electron chi connectivity index (χ0n) is 24.2. The standard InChI is InChI=1S/C15H22.C14H19Cl.2C2H6/c1-11(2)15(4)9-5-6-13-8-7-12(3)10-14(13)15;1-10(2)14(3)9-5-6-11-12(14)7-4-8-13(11)15;2*1-2/h7-8,10-11H,5-6,9H2,1-4H3;4,7-8,10H,5-6,9H2,1-3H3;2*1-2H3. The molecule has 0 heterocycles. The molecule has 2 aliphatic carbocycles. The highest BCUT2D eigenvalue weighted by molar-refractivity contribution is 6.31. The number of aryl methyl sites for hydroxylation is 2. The first kappa shape index (κ1) is 30.8. The predicted molar refractivity (Wildman–Crippen MR) is 156 cm³/mol. The van der Waals surface area contributed by atoms with Gasteiger partial charge >= 0.3 is 0 Å². The number of hydrogen-bond donors (Lipinski definition) is 0. The van der Waals surface area contributed by atoms with Crippen molar-refractivity contribution in [2.45, 2.75) is 126 Å². The molecule has 1 heteroatoms. The molecule has 0 fully saturated rings. The Bertz CT molecular complexity index is 860. The van der Waals surface area contributed by atoms with Crippen LogP contribution in [0, 0.1) is 18.8 Å². The third-order valence-corrected chi connectivity index (χ3v) is 8.78. The summed E-state index contributed by atoms with van der Waals surface area (Å²) in [6.07, 6.45) is 7.69. The Balaban J connectivity index is 0.000000297. The van der Waals surface area contributed by atoms with Crippen LogP contribution in [0.15, 0.2) is 36.4 Å². The van der Waals surface area contributed by atoms with Gasteiger partial charge in [-0.15, -0.1) is 0 Å². The molecule has 2 aromatic carbocycles. The summed E-state index contributed by atoms with van der Waals surface area (Å²) in [7, 11) is 0. The Morgan fingerprint density at radius 1 is 0.735 bits per heavy atom. The average molecular weight is 485 g/mol. The van der Waals surface area contributed by atoms with Gasteiger partial charge in [0.1, 0.15) is 0 Å². The van der Waals surface area contributed by atoms with E-state index in [0.717, 1.165) is 17.4 Å². The largest absolute Gasteiger partial charge is 0.0840 e. The van der Waals surface area contributed by atoms with Crippen molar-refractivity contribution in [3.63, 3.8) is 0 Å². The van der Waals surface area contributed by atoms with E-state index in [1.165, 1.54) is 48.8 Å². The maximum atomic E-state index is 6.27. The molecule has 0 radical (unpaired) electrons. The molecule has 4 rings (SSSR count). The smallest absolute Gasteiger partial charge is 0.0440 e. The summed E-state index contributed by atoms with van der Waals surface area (Å²) < 4.78 is 0. The zero-order chi connectivity index (χ0) is 26.1. The molecule has 2 unspecified atom stereocenters. The van der Waals surface area contributed by atoms with Crippen molar-refractivity contribution >= 4 is 11.6 Å². The van der Waals surface area contributed by atoms with Crippen molar-refractivity contribution in [2.75, 3.05) is 0 Å². The number of benzene rings is 2. The SMILES string of the molecule is CC.CC.CC(C)C1(C)CCCc2c(Cl)cccc21.Cc1ccc2c(c1)C(C)(C(C)C)CCC2. The fraction of sp³-hybridized carbons (Fsp3) is 0.636. The van der Waals surface area contributed by atoms with Crippen molar-refractivity contribution in [3.8, 4) is 0 Å². The van der Waals surface area contributed by atoms with E-state index in [1.54, 1.807) is 11.1 Å². The first-order chi connectivity index (χ1) is 16.1. The quantitative estimate of drug-likeness (QED) is 0.397. The molecular formula is C33H53Cl. The van der Waals surface area contributed by atoms with Crippen molar-refractivity contribution in [3.05, 3.63) is 69.2 Å². The van der Waals surface area contributed by atoms with Crippen LogP contribution in [0.25, 0.3) is 0 Å². The Morgan fingerprint density at radius 3 is 1.82 bits per heavy atom. The van der Waals surface area contributed by atoms with Crippen LogP contribution in [0.3, 0.4) is 0 Å². The highest BCUT2D eigenvalue weighted by Gasteiger charge is 2.36. The molecule has 2 atom stereocenters. The van der Waals surface area contributed by atoms with E-state index in [0.29, 0.717) is 16.7 Å². The highest BCUT2D eigenvalue weighted by Crippen LogP contribution is 2.44.